The number of methoxy groups -OCH3 is 1. The molecule has 0 spiro atoms. The Bertz CT molecular complexity index is 518. The Hall–Kier alpha value is -1.55. The van der Waals surface area contributed by atoms with Crippen LogP contribution in [0.4, 0.5) is 0 Å². The molecular formula is C16H20ClNO3. The fraction of sp³-hybridized carbons (Fsp3) is 0.500. The molecule has 0 aliphatic carbocycles. The molecule has 2 rings (SSSR count). The van der Waals surface area contributed by atoms with Crippen molar-refractivity contribution in [3.63, 3.8) is 0 Å². The van der Waals surface area contributed by atoms with Gasteiger partial charge in [-0.1, -0.05) is 29.8 Å². The lowest BCUT2D eigenvalue weighted by Crippen LogP contribution is -2.48. The number of piperidine rings is 1. The van der Waals surface area contributed by atoms with Crippen LogP contribution in [0.3, 0.4) is 0 Å². The molecule has 1 unspecified atom stereocenters. The van der Waals surface area contributed by atoms with Crippen LogP contribution >= 0.6 is 11.6 Å². The van der Waals surface area contributed by atoms with Crippen molar-refractivity contribution in [1.29, 1.82) is 0 Å². The van der Waals surface area contributed by atoms with Gasteiger partial charge in [-0.15, -0.1) is 0 Å². The summed E-state index contributed by atoms with van der Waals surface area (Å²) in [5.41, 5.74) is 0.958. The molecule has 0 N–H and O–H groups in total. The molecule has 1 fully saturated rings. The lowest BCUT2D eigenvalue weighted by atomic mass is 10.0. The molecule has 21 heavy (non-hydrogen) atoms. The number of esters is 1. The van der Waals surface area contributed by atoms with Crippen molar-refractivity contribution in [2.24, 2.45) is 0 Å². The second kappa shape index (κ2) is 7.46. The minimum atomic E-state index is -0.428. The lowest BCUT2D eigenvalue weighted by molar-refractivity contribution is -0.154. The molecule has 0 aromatic heterocycles. The van der Waals surface area contributed by atoms with Gasteiger partial charge in [0, 0.05) is 18.0 Å². The zero-order valence-corrected chi connectivity index (χ0v) is 12.9. The van der Waals surface area contributed by atoms with Crippen molar-refractivity contribution >= 4 is 23.5 Å². The van der Waals surface area contributed by atoms with E-state index in [1.54, 1.807) is 4.90 Å². The number of halogens is 1. The van der Waals surface area contributed by atoms with Gasteiger partial charge in [-0.05, 0) is 37.3 Å². The van der Waals surface area contributed by atoms with Gasteiger partial charge in [0.05, 0.1) is 7.11 Å². The summed E-state index contributed by atoms with van der Waals surface area (Å²) in [5.74, 6) is -0.328. The molecule has 1 aromatic rings. The number of carbonyl (C=O) groups excluding carboxylic acids is 2. The predicted molar refractivity (Wildman–Crippen MR) is 81.1 cm³/mol. The molecule has 5 heteroatoms. The highest BCUT2D eigenvalue weighted by Crippen LogP contribution is 2.21. The molecule has 1 aliphatic heterocycles. The van der Waals surface area contributed by atoms with Gasteiger partial charge >= 0.3 is 5.97 Å². The van der Waals surface area contributed by atoms with Gasteiger partial charge in [0.1, 0.15) is 6.04 Å². The maximum absolute atomic E-state index is 12.4. The summed E-state index contributed by atoms with van der Waals surface area (Å²) in [5, 5.41) is 0.675. The van der Waals surface area contributed by atoms with E-state index in [1.807, 2.05) is 24.3 Å². The van der Waals surface area contributed by atoms with E-state index in [2.05, 4.69) is 0 Å². The van der Waals surface area contributed by atoms with Gasteiger partial charge < -0.3 is 9.64 Å². The van der Waals surface area contributed by atoms with E-state index in [9.17, 15) is 9.59 Å². The average molecular weight is 310 g/mol. The van der Waals surface area contributed by atoms with Crippen LogP contribution in [0.5, 0.6) is 0 Å². The quantitative estimate of drug-likeness (QED) is 0.804. The van der Waals surface area contributed by atoms with Crippen LogP contribution in [0.2, 0.25) is 5.02 Å². The van der Waals surface area contributed by atoms with Crippen molar-refractivity contribution in [3.05, 3.63) is 34.9 Å². The minimum absolute atomic E-state index is 0.00924. The summed E-state index contributed by atoms with van der Waals surface area (Å²) < 4.78 is 4.80. The monoisotopic (exact) mass is 309 g/mol. The van der Waals surface area contributed by atoms with E-state index in [0.29, 0.717) is 30.8 Å². The molecule has 1 aromatic carbocycles. The van der Waals surface area contributed by atoms with Crippen LogP contribution in [-0.4, -0.2) is 36.5 Å². The highest BCUT2D eigenvalue weighted by Gasteiger charge is 2.32. The molecule has 4 nitrogen and oxygen atoms in total. The first-order valence-corrected chi connectivity index (χ1v) is 7.62. The van der Waals surface area contributed by atoms with Gasteiger partial charge in [-0.25, -0.2) is 4.79 Å². The first-order valence-electron chi connectivity index (χ1n) is 7.24. The fourth-order valence-electron chi connectivity index (χ4n) is 2.70. The largest absolute Gasteiger partial charge is 0.467 e. The SMILES string of the molecule is COC(=O)C1CCCCN1C(=O)CCc1ccccc1Cl. The Morgan fingerprint density at radius 3 is 2.81 bits per heavy atom. The number of rotatable bonds is 4. The smallest absolute Gasteiger partial charge is 0.328 e. The molecule has 114 valence electrons. The van der Waals surface area contributed by atoms with Crippen molar-refractivity contribution in [2.45, 2.75) is 38.1 Å². The van der Waals surface area contributed by atoms with E-state index < -0.39 is 6.04 Å². The molecule has 1 saturated heterocycles. The normalized spacial score (nSPS) is 18.4. The Balaban J connectivity index is 1.98. The second-order valence-electron chi connectivity index (χ2n) is 5.21. The molecule has 1 heterocycles. The number of amides is 1. The first-order chi connectivity index (χ1) is 10.1. The topological polar surface area (TPSA) is 46.6 Å². The number of benzene rings is 1. The number of carbonyl (C=O) groups is 2. The summed E-state index contributed by atoms with van der Waals surface area (Å²) in [6.45, 7) is 0.626. The van der Waals surface area contributed by atoms with E-state index >= 15 is 0 Å². The fourth-order valence-corrected chi connectivity index (χ4v) is 2.93. The third-order valence-electron chi connectivity index (χ3n) is 3.86. The molecular weight excluding hydrogens is 290 g/mol. The first kappa shape index (κ1) is 15.8. The zero-order chi connectivity index (χ0) is 15.2. The van der Waals surface area contributed by atoms with Crippen LogP contribution in [0, 0.1) is 0 Å². The van der Waals surface area contributed by atoms with Crippen LogP contribution in [0.1, 0.15) is 31.2 Å². The van der Waals surface area contributed by atoms with Crippen molar-refractivity contribution in [3.8, 4) is 0 Å². The van der Waals surface area contributed by atoms with Crippen LogP contribution in [-0.2, 0) is 20.7 Å². The van der Waals surface area contributed by atoms with E-state index in [4.69, 9.17) is 16.3 Å². The highest BCUT2D eigenvalue weighted by atomic mass is 35.5. The van der Waals surface area contributed by atoms with E-state index in [1.165, 1.54) is 7.11 Å². The Kier molecular flexibility index (Phi) is 5.62. The van der Waals surface area contributed by atoms with Crippen LogP contribution in [0.15, 0.2) is 24.3 Å². The van der Waals surface area contributed by atoms with Crippen molar-refractivity contribution in [2.75, 3.05) is 13.7 Å². The summed E-state index contributed by atoms with van der Waals surface area (Å²) in [7, 11) is 1.36. The minimum Gasteiger partial charge on any atom is -0.467 e. The molecule has 0 radical (unpaired) electrons. The van der Waals surface area contributed by atoms with Gasteiger partial charge in [0.25, 0.3) is 0 Å². The van der Waals surface area contributed by atoms with Gasteiger partial charge in [-0.2, -0.15) is 0 Å². The summed E-state index contributed by atoms with van der Waals surface area (Å²) >= 11 is 6.10. The number of hydrogen-bond acceptors (Lipinski definition) is 3. The van der Waals surface area contributed by atoms with E-state index in [-0.39, 0.29) is 11.9 Å². The molecule has 0 saturated carbocycles. The van der Waals surface area contributed by atoms with Crippen LogP contribution < -0.4 is 0 Å². The average Bonchev–Trinajstić information content (AvgIpc) is 2.53. The Morgan fingerprint density at radius 1 is 1.33 bits per heavy atom. The molecule has 1 amide bonds. The Labute approximate surface area is 130 Å². The highest BCUT2D eigenvalue weighted by molar-refractivity contribution is 6.31. The molecule has 1 atom stereocenters. The van der Waals surface area contributed by atoms with Gasteiger partial charge in [-0.3, -0.25) is 4.79 Å². The third-order valence-corrected chi connectivity index (χ3v) is 4.23. The molecule has 0 bridgehead atoms. The summed E-state index contributed by atoms with van der Waals surface area (Å²) in [6.07, 6.45) is 3.52. The summed E-state index contributed by atoms with van der Waals surface area (Å²) in [4.78, 5) is 25.8. The number of nitrogens with zero attached hydrogens (tertiary/aromatic N) is 1. The number of aryl methyl sites for hydroxylation is 1. The number of hydrogen-bond donors (Lipinski definition) is 0. The zero-order valence-electron chi connectivity index (χ0n) is 12.2. The Morgan fingerprint density at radius 2 is 2.10 bits per heavy atom. The maximum atomic E-state index is 12.4. The predicted octanol–water partition coefficient (Wildman–Crippen LogP) is 2.83. The maximum Gasteiger partial charge on any atom is 0.328 e. The second-order valence-corrected chi connectivity index (χ2v) is 5.62. The van der Waals surface area contributed by atoms with E-state index in [0.717, 1.165) is 18.4 Å². The summed E-state index contributed by atoms with van der Waals surface area (Å²) in [6, 6.07) is 7.08. The number of ether oxygens (including phenoxy) is 1. The van der Waals surface area contributed by atoms with Crippen LogP contribution in [0.25, 0.3) is 0 Å². The van der Waals surface area contributed by atoms with Gasteiger partial charge in [0.2, 0.25) is 5.91 Å². The van der Waals surface area contributed by atoms with Gasteiger partial charge in [0.15, 0.2) is 0 Å². The standard InChI is InChI=1S/C16H20ClNO3/c1-21-16(20)14-8-4-5-11-18(14)15(19)10-9-12-6-2-3-7-13(12)17/h2-3,6-7,14H,4-5,8-11H2,1H3. The molecule has 1 aliphatic rings. The van der Waals surface area contributed by atoms with Crippen molar-refractivity contribution in [1.82, 2.24) is 4.90 Å². The third kappa shape index (κ3) is 3.97. The lowest BCUT2D eigenvalue weighted by Gasteiger charge is -2.33. The number of likely N-dealkylation sites (tertiary alicyclic amines) is 1. The van der Waals surface area contributed by atoms with Crippen molar-refractivity contribution < 1.29 is 14.3 Å².